The monoisotopic (exact) mass is 464 g/mol. The van der Waals surface area contributed by atoms with E-state index < -0.39 is 23.9 Å². The first kappa shape index (κ1) is 26.2. The largest absolute Gasteiger partial charge is 0.495 e. The lowest BCUT2D eigenvalue weighted by Gasteiger charge is -2.19. The van der Waals surface area contributed by atoms with E-state index in [9.17, 15) is 19.5 Å². The molecule has 2 rings (SSSR count). The molecule has 0 heterocycles. The predicted octanol–water partition coefficient (Wildman–Crippen LogP) is 2.83. The molecule has 0 aliphatic rings. The topological polar surface area (TPSA) is 175 Å². The standard InChI is InChI=1S/C21H24N4O6.ClH/c1-31-16-10-7-13(11-15(16)25-17(26)3-2-4-18(27)28)19(21(29)30)24-14-8-5-12(6-9-14)20(22)23;/h5-11,19,24H,2-4H2,1H3,(H3,22,23)(H,25,26)(H,27,28)(H,29,30);1H. The molecular formula is C21H25ClN4O6. The van der Waals surface area contributed by atoms with Crippen LogP contribution >= 0.6 is 12.4 Å². The van der Waals surface area contributed by atoms with Crippen molar-refractivity contribution >= 4 is 47.5 Å². The van der Waals surface area contributed by atoms with Gasteiger partial charge in [0.2, 0.25) is 5.91 Å². The van der Waals surface area contributed by atoms with Gasteiger partial charge in [-0.3, -0.25) is 15.0 Å². The number of hydrogen-bond donors (Lipinski definition) is 6. The van der Waals surface area contributed by atoms with Gasteiger partial charge in [-0.15, -0.1) is 12.4 Å². The third kappa shape index (κ3) is 7.47. The molecule has 0 spiro atoms. The number of amidine groups is 1. The molecule has 0 aromatic heterocycles. The molecular weight excluding hydrogens is 440 g/mol. The Morgan fingerprint density at radius 1 is 1.09 bits per heavy atom. The highest BCUT2D eigenvalue weighted by Gasteiger charge is 2.22. The van der Waals surface area contributed by atoms with Crippen molar-refractivity contribution in [2.45, 2.75) is 25.3 Å². The summed E-state index contributed by atoms with van der Waals surface area (Å²) in [5.74, 6) is -2.29. The van der Waals surface area contributed by atoms with E-state index in [1.54, 1.807) is 36.4 Å². The summed E-state index contributed by atoms with van der Waals surface area (Å²) < 4.78 is 5.23. The van der Waals surface area contributed by atoms with E-state index in [1.807, 2.05) is 0 Å². The number of carboxylic acids is 2. The number of rotatable bonds is 11. The highest BCUT2D eigenvalue weighted by atomic mass is 35.5. The fourth-order valence-electron chi connectivity index (χ4n) is 2.82. The lowest BCUT2D eigenvalue weighted by molar-refractivity contribution is -0.138. The van der Waals surface area contributed by atoms with Crippen molar-refractivity contribution in [1.82, 2.24) is 0 Å². The summed E-state index contributed by atoms with van der Waals surface area (Å²) in [6, 6.07) is 9.89. The molecule has 1 unspecified atom stereocenters. The molecule has 1 amide bonds. The second-order valence-corrected chi connectivity index (χ2v) is 6.66. The van der Waals surface area contributed by atoms with Crippen molar-refractivity contribution in [1.29, 1.82) is 5.41 Å². The van der Waals surface area contributed by atoms with Crippen LogP contribution < -0.4 is 21.1 Å². The molecule has 0 aliphatic heterocycles. The van der Waals surface area contributed by atoms with Crippen LogP contribution in [-0.4, -0.2) is 41.0 Å². The number of hydrogen-bond acceptors (Lipinski definition) is 6. The zero-order valence-corrected chi connectivity index (χ0v) is 18.1. The lowest BCUT2D eigenvalue weighted by atomic mass is 10.0. The van der Waals surface area contributed by atoms with Crippen LogP contribution in [0.1, 0.15) is 36.4 Å². The van der Waals surface area contributed by atoms with Crippen LogP contribution in [0.5, 0.6) is 5.75 Å². The average Bonchev–Trinajstić information content (AvgIpc) is 2.71. The molecule has 0 aliphatic carbocycles. The van der Waals surface area contributed by atoms with Crippen LogP contribution in [-0.2, 0) is 14.4 Å². The Balaban J connectivity index is 0.00000512. The van der Waals surface area contributed by atoms with Crippen molar-refractivity contribution in [3.05, 3.63) is 53.6 Å². The van der Waals surface area contributed by atoms with Crippen LogP contribution in [0.3, 0.4) is 0 Å². The van der Waals surface area contributed by atoms with E-state index in [4.69, 9.17) is 21.0 Å². The number of benzene rings is 2. The van der Waals surface area contributed by atoms with E-state index >= 15 is 0 Å². The first-order valence-corrected chi connectivity index (χ1v) is 9.34. The van der Waals surface area contributed by atoms with Gasteiger partial charge in [-0.25, -0.2) is 4.79 Å². The van der Waals surface area contributed by atoms with Crippen molar-refractivity contribution in [3.8, 4) is 5.75 Å². The van der Waals surface area contributed by atoms with Crippen molar-refractivity contribution in [2.24, 2.45) is 5.73 Å². The van der Waals surface area contributed by atoms with Gasteiger partial charge < -0.3 is 31.3 Å². The first-order chi connectivity index (χ1) is 14.7. The second-order valence-electron chi connectivity index (χ2n) is 6.66. The molecule has 0 fully saturated rings. The highest BCUT2D eigenvalue weighted by Crippen LogP contribution is 2.30. The molecule has 2 aromatic rings. The minimum Gasteiger partial charge on any atom is -0.495 e. The number of nitrogens with one attached hydrogen (secondary N) is 3. The SMILES string of the molecule is COc1ccc(C(Nc2ccc(C(=N)N)cc2)C(=O)O)cc1NC(=O)CCCC(=O)O.Cl. The number of carbonyl (C=O) groups excluding carboxylic acids is 1. The highest BCUT2D eigenvalue weighted by molar-refractivity contribution is 5.95. The number of methoxy groups -OCH3 is 1. The molecule has 0 saturated carbocycles. The van der Waals surface area contributed by atoms with Crippen LogP contribution in [0.15, 0.2) is 42.5 Å². The maximum atomic E-state index is 12.1. The molecule has 0 bridgehead atoms. The van der Waals surface area contributed by atoms with Gasteiger partial charge in [0.25, 0.3) is 0 Å². The maximum absolute atomic E-state index is 12.1. The molecule has 7 N–H and O–H groups in total. The van der Waals surface area contributed by atoms with Crippen LogP contribution in [0.25, 0.3) is 0 Å². The fourth-order valence-corrected chi connectivity index (χ4v) is 2.82. The Labute approximate surface area is 190 Å². The summed E-state index contributed by atoms with van der Waals surface area (Å²) in [4.78, 5) is 34.6. The Bertz CT molecular complexity index is 981. The zero-order valence-electron chi connectivity index (χ0n) is 17.3. The average molecular weight is 465 g/mol. The number of amides is 1. The number of halogens is 1. The molecule has 1 atom stereocenters. The number of nitrogens with two attached hydrogens (primary N) is 1. The second kappa shape index (κ2) is 12.2. The number of aliphatic carboxylic acids is 2. The van der Waals surface area contributed by atoms with Gasteiger partial charge in [0.05, 0.1) is 12.8 Å². The Morgan fingerprint density at radius 3 is 2.28 bits per heavy atom. The molecule has 32 heavy (non-hydrogen) atoms. The summed E-state index contributed by atoms with van der Waals surface area (Å²) in [6.07, 6.45) is 0.0551. The van der Waals surface area contributed by atoms with Gasteiger partial charge in [0.15, 0.2) is 6.04 Å². The molecule has 0 saturated heterocycles. The number of ether oxygens (including phenoxy) is 1. The zero-order chi connectivity index (χ0) is 23.0. The van der Waals surface area contributed by atoms with Gasteiger partial charge in [-0.2, -0.15) is 0 Å². The molecule has 0 radical (unpaired) electrons. The lowest BCUT2D eigenvalue weighted by Crippen LogP contribution is -2.21. The van der Waals surface area contributed by atoms with Gasteiger partial charge in [-0.05, 0) is 48.4 Å². The Morgan fingerprint density at radius 2 is 1.75 bits per heavy atom. The van der Waals surface area contributed by atoms with E-state index in [1.165, 1.54) is 13.2 Å². The van der Waals surface area contributed by atoms with E-state index in [2.05, 4.69) is 10.6 Å². The molecule has 10 nitrogen and oxygen atoms in total. The normalized spacial score (nSPS) is 10.9. The summed E-state index contributed by atoms with van der Waals surface area (Å²) in [5, 5.41) is 31.3. The number of nitrogen functional groups attached to an aromatic ring is 1. The van der Waals surface area contributed by atoms with Gasteiger partial charge in [0.1, 0.15) is 11.6 Å². The van der Waals surface area contributed by atoms with Gasteiger partial charge in [-0.1, -0.05) is 6.07 Å². The van der Waals surface area contributed by atoms with Crippen molar-refractivity contribution < 1.29 is 29.3 Å². The Hall–Kier alpha value is -3.79. The minimum absolute atomic E-state index is 0. The molecule has 11 heteroatoms. The summed E-state index contributed by atoms with van der Waals surface area (Å²) in [7, 11) is 1.42. The third-order valence-electron chi connectivity index (χ3n) is 4.38. The summed E-state index contributed by atoms with van der Waals surface area (Å²) in [6.45, 7) is 0. The van der Waals surface area contributed by atoms with E-state index in [0.29, 0.717) is 22.6 Å². The van der Waals surface area contributed by atoms with Crippen LogP contribution in [0.2, 0.25) is 0 Å². The summed E-state index contributed by atoms with van der Waals surface area (Å²) >= 11 is 0. The fraction of sp³-hybridized carbons (Fsp3) is 0.238. The predicted molar refractivity (Wildman–Crippen MR) is 122 cm³/mol. The van der Waals surface area contributed by atoms with Crippen LogP contribution in [0.4, 0.5) is 11.4 Å². The van der Waals surface area contributed by atoms with Gasteiger partial charge in [0, 0.05) is 24.1 Å². The summed E-state index contributed by atoms with van der Waals surface area (Å²) in [5.41, 5.74) is 7.09. The number of carboxylic acid groups (broad SMARTS) is 2. The Kier molecular flexibility index (Phi) is 9.97. The van der Waals surface area contributed by atoms with Crippen molar-refractivity contribution in [2.75, 3.05) is 17.7 Å². The minimum atomic E-state index is -1.14. The third-order valence-corrected chi connectivity index (χ3v) is 4.38. The quantitative estimate of drug-likeness (QED) is 0.217. The van der Waals surface area contributed by atoms with E-state index in [-0.39, 0.29) is 43.2 Å². The first-order valence-electron chi connectivity index (χ1n) is 9.34. The van der Waals surface area contributed by atoms with Crippen LogP contribution in [0, 0.1) is 5.41 Å². The number of carbonyl (C=O) groups is 3. The van der Waals surface area contributed by atoms with Crippen molar-refractivity contribution in [3.63, 3.8) is 0 Å². The van der Waals surface area contributed by atoms with Gasteiger partial charge >= 0.3 is 11.9 Å². The van der Waals surface area contributed by atoms with E-state index in [0.717, 1.165) is 0 Å². The number of anilines is 2. The maximum Gasteiger partial charge on any atom is 0.330 e. The molecule has 2 aromatic carbocycles. The smallest absolute Gasteiger partial charge is 0.330 e. The molecule has 172 valence electrons.